The number of carbonyl (C=O) groups excluding carboxylic acids is 1. The fourth-order valence-electron chi connectivity index (χ4n) is 2.33. The third kappa shape index (κ3) is 5.15. The van der Waals surface area contributed by atoms with Crippen molar-refractivity contribution in [1.29, 1.82) is 0 Å². The Labute approximate surface area is 156 Å². The number of carbonyl (C=O) groups is 1. The van der Waals surface area contributed by atoms with E-state index in [4.69, 9.17) is 16.3 Å². The van der Waals surface area contributed by atoms with Crippen LogP contribution in [0.1, 0.15) is 24.6 Å². The Hall–Kier alpha value is -2.17. The van der Waals surface area contributed by atoms with Crippen LogP contribution in [0.2, 0.25) is 5.02 Å². The maximum atomic E-state index is 11.0. The maximum absolute atomic E-state index is 11.0. The summed E-state index contributed by atoms with van der Waals surface area (Å²) in [5, 5.41) is 3.68. The molecule has 0 amide bonds. The molecule has 0 aliphatic heterocycles. The van der Waals surface area contributed by atoms with Crippen LogP contribution in [0.25, 0.3) is 10.6 Å². The second-order valence-corrected chi connectivity index (χ2v) is 7.08. The molecule has 0 fully saturated rings. The van der Waals surface area contributed by atoms with Gasteiger partial charge >= 0.3 is 0 Å². The van der Waals surface area contributed by atoms with Crippen LogP contribution >= 0.6 is 22.9 Å². The molecule has 0 radical (unpaired) electrons. The second kappa shape index (κ2) is 8.28. The molecule has 1 heterocycles. The average Bonchev–Trinajstić information content (AvgIpc) is 3.08. The van der Waals surface area contributed by atoms with E-state index in [-0.39, 0.29) is 5.78 Å². The zero-order valence-electron chi connectivity index (χ0n) is 13.9. The third-order valence-corrected chi connectivity index (χ3v) is 4.91. The number of aromatic nitrogens is 1. The predicted molar refractivity (Wildman–Crippen MR) is 102 cm³/mol. The number of Topliss-reactive ketones (excluding diaryl/α,β-unsaturated/α-hetero) is 1. The van der Waals surface area contributed by atoms with E-state index >= 15 is 0 Å². The molecule has 2 aromatic carbocycles. The van der Waals surface area contributed by atoms with Gasteiger partial charge < -0.3 is 9.53 Å². The Morgan fingerprint density at radius 2 is 1.84 bits per heavy atom. The van der Waals surface area contributed by atoms with Crippen LogP contribution in [0.3, 0.4) is 0 Å². The first kappa shape index (κ1) is 17.6. The Balaban J connectivity index is 1.57. The van der Waals surface area contributed by atoms with Crippen molar-refractivity contribution in [2.75, 3.05) is 0 Å². The fraction of sp³-hybridized carbons (Fsp3) is 0.200. The smallest absolute Gasteiger partial charge is 0.131 e. The summed E-state index contributed by atoms with van der Waals surface area (Å²) in [5.41, 5.74) is 3.09. The van der Waals surface area contributed by atoms with Gasteiger partial charge in [0, 0.05) is 22.4 Å². The molecular weight excluding hydrogens is 354 g/mol. The van der Waals surface area contributed by atoms with Crippen molar-refractivity contribution >= 4 is 28.7 Å². The molecule has 0 N–H and O–H groups in total. The molecule has 1 aromatic heterocycles. The summed E-state index contributed by atoms with van der Waals surface area (Å²) in [6.45, 7) is 2.04. The fourth-order valence-corrected chi connectivity index (χ4v) is 3.26. The Morgan fingerprint density at radius 1 is 1.12 bits per heavy atom. The zero-order valence-corrected chi connectivity index (χ0v) is 15.4. The van der Waals surface area contributed by atoms with Crippen molar-refractivity contribution in [3.63, 3.8) is 0 Å². The van der Waals surface area contributed by atoms with E-state index in [0.29, 0.717) is 13.0 Å². The SMILES string of the molecule is CC(=O)CCc1ccc(OCc2csc(-c3ccc(Cl)cc3)n2)cc1. The van der Waals surface area contributed by atoms with Crippen molar-refractivity contribution < 1.29 is 9.53 Å². The van der Waals surface area contributed by atoms with E-state index in [1.165, 1.54) is 0 Å². The molecule has 3 nitrogen and oxygen atoms in total. The third-order valence-electron chi connectivity index (χ3n) is 3.72. The molecule has 0 unspecified atom stereocenters. The highest BCUT2D eigenvalue weighted by molar-refractivity contribution is 7.13. The van der Waals surface area contributed by atoms with Crippen molar-refractivity contribution in [2.24, 2.45) is 0 Å². The molecule has 3 aromatic rings. The van der Waals surface area contributed by atoms with Crippen molar-refractivity contribution in [3.05, 3.63) is 70.2 Å². The van der Waals surface area contributed by atoms with Crippen molar-refractivity contribution in [3.8, 4) is 16.3 Å². The van der Waals surface area contributed by atoms with Gasteiger partial charge in [-0.15, -0.1) is 11.3 Å². The summed E-state index contributed by atoms with van der Waals surface area (Å²) in [4.78, 5) is 15.6. The van der Waals surface area contributed by atoms with Crippen LogP contribution in [0.5, 0.6) is 5.75 Å². The molecule has 5 heteroatoms. The van der Waals surface area contributed by atoms with Crippen LogP contribution in [0, 0.1) is 0 Å². The lowest BCUT2D eigenvalue weighted by Crippen LogP contribution is -1.97. The number of halogens is 1. The minimum Gasteiger partial charge on any atom is -0.487 e. The topological polar surface area (TPSA) is 39.2 Å². The van der Waals surface area contributed by atoms with Gasteiger partial charge in [0.2, 0.25) is 0 Å². The summed E-state index contributed by atoms with van der Waals surface area (Å²) >= 11 is 7.50. The number of nitrogens with zero attached hydrogens (tertiary/aromatic N) is 1. The molecule has 0 atom stereocenters. The van der Waals surface area contributed by atoms with Gasteiger partial charge in [-0.3, -0.25) is 0 Å². The predicted octanol–water partition coefficient (Wildman–Crippen LogP) is 5.56. The molecule has 25 heavy (non-hydrogen) atoms. The summed E-state index contributed by atoms with van der Waals surface area (Å²) < 4.78 is 5.80. The van der Waals surface area contributed by atoms with Crippen molar-refractivity contribution in [1.82, 2.24) is 4.98 Å². The molecular formula is C20H18ClNO2S. The first-order chi connectivity index (χ1) is 12.1. The van der Waals surface area contributed by atoms with Gasteiger partial charge in [0.25, 0.3) is 0 Å². The lowest BCUT2D eigenvalue weighted by atomic mass is 10.1. The van der Waals surface area contributed by atoms with Crippen LogP contribution < -0.4 is 4.74 Å². The number of ether oxygens (including phenoxy) is 1. The van der Waals surface area contributed by atoms with Gasteiger partial charge in [0.1, 0.15) is 23.1 Å². The van der Waals surface area contributed by atoms with E-state index in [1.807, 2.05) is 53.9 Å². The van der Waals surface area contributed by atoms with E-state index in [0.717, 1.165) is 39.0 Å². The van der Waals surface area contributed by atoms with Crippen LogP contribution in [-0.2, 0) is 17.8 Å². The van der Waals surface area contributed by atoms with Gasteiger partial charge in [0.15, 0.2) is 0 Å². The van der Waals surface area contributed by atoms with Gasteiger partial charge in [-0.2, -0.15) is 0 Å². The monoisotopic (exact) mass is 371 g/mol. The number of hydrogen-bond donors (Lipinski definition) is 0. The number of rotatable bonds is 7. The van der Waals surface area contributed by atoms with Crippen LogP contribution in [0.4, 0.5) is 0 Å². The molecule has 0 spiro atoms. The highest BCUT2D eigenvalue weighted by Gasteiger charge is 2.06. The van der Waals surface area contributed by atoms with Gasteiger partial charge in [0.05, 0.1) is 5.69 Å². The summed E-state index contributed by atoms with van der Waals surface area (Å²) in [5.74, 6) is 1.01. The zero-order chi connectivity index (χ0) is 17.6. The number of thiazole rings is 1. The molecule has 3 rings (SSSR count). The average molecular weight is 372 g/mol. The quantitative estimate of drug-likeness (QED) is 0.545. The highest BCUT2D eigenvalue weighted by atomic mass is 35.5. The number of benzene rings is 2. The largest absolute Gasteiger partial charge is 0.487 e. The van der Waals surface area contributed by atoms with Crippen molar-refractivity contribution in [2.45, 2.75) is 26.4 Å². The standard InChI is InChI=1S/C20H18ClNO2S/c1-14(23)2-3-15-4-10-19(11-5-15)24-12-18-13-25-20(22-18)16-6-8-17(21)9-7-16/h4-11,13H,2-3,12H2,1H3. The summed E-state index contributed by atoms with van der Waals surface area (Å²) in [7, 11) is 0. The van der Waals surface area contributed by atoms with E-state index in [1.54, 1.807) is 18.3 Å². The minimum atomic E-state index is 0.209. The highest BCUT2D eigenvalue weighted by Crippen LogP contribution is 2.25. The lowest BCUT2D eigenvalue weighted by Gasteiger charge is -2.05. The molecule has 0 saturated carbocycles. The molecule has 0 aliphatic carbocycles. The summed E-state index contributed by atoms with van der Waals surface area (Å²) in [6.07, 6.45) is 1.35. The Morgan fingerprint density at radius 3 is 2.52 bits per heavy atom. The number of hydrogen-bond acceptors (Lipinski definition) is 4. The van der Waals surface area contributed by atoms with Gasteiger partial charge in [-0.1, -0.05) is 35.9 Å². The van der Waals surface area contributed by atoms with E-state index in [9.17, 15) is 4.79 Å². The van der Waals surface area contributed by atoms with E-state index < -0.39 is 0 Å². The lowest BCUT2D eigenvalue weighted by molar-refractivity contribution is -0.116. The van der Waals surface area contributed by atoms with Gasteiger partial charge in [-0.25, -0.2) is 4.98 Å². The van der Waals surface area contributed by atoms with E-state index in [2.05, 4.69) is 4.98 Å². The maximum Gasteiger partial charge on any atom is 0.131 e. The van der Waals surface area contributed by atoms with Gasteiger partial charge in [-0.05, 0) is 43.2 Å². The molecule has 0 aliphatic rings. The Kier molecular flexibility index (Phi) is 5.84. The first-order valence-corrected chi connectivity index (χ1v) is 9.27. The van der Waals surface area contributed by atoms with Crippen LogP contribution in [-0.4, -0.2) is 10.8 Å². The summed E-state index contributed by atoms with van der Waals surface area (Å²) in [6, 6.07) is 15.5. The molecule has 0 saturated heterocycles. The minimum absolute atomic E-state index is 0.209. The second-order valence-electron chi connectivity index (χ2n) is 5.79. The number of aryl methyl sites for hydroxylation is 1. The number of ketones is 1. The molecule has 128 valence electrons. The normalized spacial score (nSPS) is 10.6. The first-order valence-electron chi connectivity index (χ1n) is 8.02. The van der Waals surface area contributed by atoms with Crippen LogP contribution in [0.15, 0.2) is 53.9 Å². The molecule has 0 bridgehead atoms. The Bertz CT molecular complexity index is 841.